The highest BCUT2D eigenvalue weighted by Gasteiger charge is 2.37. The van der Waals surface area contributed by atoms with Crippen molar-refractivity contribution in [3.05, 3.63) is 24.3 Å². The van der Waals surface area contributed by atoms with Gasteiger partial charge < -0.3 is 20.1 Å². The largest absolute Gasteiger partial charge is 0.492 e. The smallest absolute Gasteiger partial charge is 0.326 e. The van der Waals surface area contributed by atoms with Crippen LogP contribution in [0.3, 0.4) is 0 Å². The molecule has 2 rings (SSSR count). The third-order valence-electron chi connectivity index (χ3n) is 4.18. The second-order valence-corrected chi connectivity index (χ2v) is 6.37. The normalized spacial score (nSPS) is 18.3. The first-order valence-electron chi connectivity index (χ1n) is 8.40. The number of hydrogen-bond donors (Lipinski definition) is 2. The third-order valence-corrected chi connectivity index (χ3v) is 4.18. The van der Waals surface area contributed by atoms with Crippen LogP contribution in [0.5, 0.6) is 5.75 Å². The molecule has 0 bridgehead atoms. The minimum atomic E-state index is -1.08. The molecule has 1 unspecified atom stereocenters. The van der Waals surface area contributed by atoms with Crippen molar-refractivity contribution in [2.75, 3.05) is 18.1 Å². The average molecular weight is 348 g/mol. The monoisotopic (exact) mass is 348 g/mol. The number of carbonyl (C=O) groups is 3. The highest BCUT2D eigenvalue weighted by molar-refractivity contribution is 6.01. The van der Waals surface area contributed by atoms with Crippen LogP contribution < -0.4 is 15.0 Å². The van der Waals surface area contributed by atoms with Gasteiger partial charge in [-0.2, -0.15) is 0 Å². The van der Waals surface area contributed by atoms with E-state index in [1.807, 2.05) is 13.0 Å². The van der Waals surface area contributed by atoms with Crippen LogP contribution in [0.4, 0.5) is 5.69 Å². The molecule has 1 aromatic carbocycles. The first-order chi connectivity index (χ1) is 11.8. The van der Waals surface area contributed by atoms with Crippen LogP contribution in [0.1, 0.15) is 27.2 Å². The number of amides is 2. The molecule has 1 aliphatic heterocycles. The van der Waals surface area contributed by atoms with Crippen LogP contribution in [0.25, 0.3) is 0 Å². The van der Waals surface area contributed by atoms with Crippen LogP contribution in [0, 0.1) is 11.8 Å². The summed E-state index contributed by atoms with van der Waals surface area (Å²) < 4.78 is 5.55. The highest BCUT2D eigenvalue weighted by Crippen LogP contribution is 2.33. The molecule has 2 N–H and O–H groups in total. The summed E-state index contributed by atoms with van der Waals surface area (Å²) in [5.74, 6) is -1.90. The van der Waals surface area contributed by atoms with Gasteiger partial charge in [0.1, 0.15) is 11.8 Å². The van der Waals surface area contributed by atoms with E-state index < -0.39 is 23.8 Å². The summed E-state index contributed by atoms with van der Waals surface area (Å²) in [5.41, 5.74) is 0.628. The van der Waals surface area contributed by atoms with Gasteiger partial charge in [0.05, 0.1) is 18.2 Å². The molecular formula is C18H24N2O5. The van der Waals surface area contributed by atoms with E-state index in [4.69, 9.17) is 4.74 Å². The van der Waals surface area contributed by atoms with Gasteiger partial charge in [-0.1, -0.05) is 26.0 Å². The zero-order valence-corrected chi connectivity index (χ0v) is 14.7. The van der Waals surface area contributed by atoms with E-state index in [1.54, 1.807) is 32.0 Å². The van der Waals surface area contributed by atoms with Crippen LogP contribution in [0.2, 0.25) is 0 Å². The maximum atomic E-state index is 12.4. The Morgan fingerprint density at radius 2 is 2.04 bits per heavy atom. The maximum Gasteiger partial charge on any atom is 0.326 e. The number of carboxylic acids is 1. The SMILES string of the molecule is CCOc1ccccc1N1CC(C(=O)N[C@@H](C(=O)O)C(C)C)CC1=O. The molecule has 0 spiro atoms. The van der Waals surface area contributed by atoms with E-state index in [0.717, 1.165) is 0 Å². The van der Waals surface area contributed by atoms with Crippen molar-refractivity contribution in [3.63, 3.8) is 0 Å². The van der Waals surface area contributed by atoms with Crippen molar-refractivity contribution >= 4 is 23.5 Å². The van der Waals surface area contributed by atoms with Crippen molar-refractivity contribution in [2.24, 2.45) is 11.8 Å². The number of benzene rings is 1. The number of carboxylic acid groups (broad SMARTS) is 1. The molecule has 0 aliphatic carbocycles. The molecule has 136 valence electrons. The first kappa shape index (κ1) is 18.8. The standard InChI is InChI=1S/C18H24N2O5/c1-4-25-14-8-6-5-7-13(14)20-10-12(9-15(20)21)17(22)19-16(11(2)3)18(23)24/h5-8,11-12,16H,4,9-10H2,1-3H3,(H,19,22)(H,23,24)/t12?,16-/m1/s1. The van der Waals surface area contributed by atoms with Gasteiger partial charge in [-0.15, -0.1) is 0 Å². The van der Waals surface area contributed by atoms with E-state index >= 15 is 0 Å². The topological polar surface area (TPSA) is 95.9 Å². The molecule has 2 atom stereocenters. The van der Waals surface area contributed by atoms with Gasteiger partial charge in [-0.3, -0.25) is 9.59 Å². The van der Waals surface area contributed by atoms with Crippen molar-refractivity contribution in [2.45, 2.75) is 33.2 Å². The van der Waals surface area contributed by atoms with Gasteiger partial charge in [-0.05, 0) is 25.0 Å². The minimum absolute atomic E-state index is 0.0523. The predicted molar refractivity (Wildman–Crippen MR) is 92.5 cm³/mol. The molecule has 1 aromatic rings. The van der Waals surface area contributed by atoms with E-state index in [-0.39, 0.29) is 24.8 Å². The molecular weight excluding hydrogens is 324 g/mol. The number of ether oxygens (including phenoxy) is 1. The Labute approximate surface area is 147 Å². The van der Waals surface area contributed by atoms with E-state index in [9.17, 15) is 19.5 Å². The van der Waals surface area contributed by atoms with Crippen molar-refractivity contribution in [1.29, 1.82) is 0 Å². The fraction of sp³-hybridized carbons (Fsp3) is 0.500. The Morgan fingerprint density at radius 1 is 1.36 bits per heavy atom. The highest BCUT2D eigenvalue weighted by atomic mass is 16.5. The lowest BCUT2D eigenvalue weighted by atomic mass is 10.0. The van der Waals surface area contributed by atoms with Crippen LogP contribution in [-0.4, -0.2) is 42.1 Å². The number of nitrogens with one attached hydrogen (secondary N) is 1. The lowest BCUT2D eigenvalue weighted by Crippen LogP contribution is -2.47. The summed E-state index contributed by atoms with van der Waals surface area (Å²) >= 11 is 0. The van der Waals surface area contributed by atoms with Crippen LogP contribution in [0.15, 0.2) is 24.3 Å². The van der Waals surface area contributed by atoms with E-state index in [1.165, 1.54) is 4.90 Å². The molecule has 1 saturated heterocycles. The molecule has 0 radical (unpaired) electrons. The maximum absolute atomic E-state index is 12.4. The zero-order chi connectivity index (χ0) is 18.6. The number of anilines is 1. The number of rotatable bonds is 7. The quantitative estimate of drug-likeness (QED) is 0.781. The van der Waals surface area contributed by atoms with Crippen molar-refractivity contribution < 1.29 is 24.2 Å². The van der Waals surface area contributed by atoms with E-state index in [2.05, 4.69) is 5.32 Å². The summed E-state index contributed by atoms with van der Waals surface area (Å²) in [6.07, 6.45) is 0.0523. The molecule has 1 heterocycles. The van der Waals surface area contributed by atoms with Gasteiger partial charge in [0.15, 0.2) is 0 Å². The molecule has 0 aromatic heterocycles. The number of para-hydroxylation sites is 2. The third kappa shape index (κ3) is 4.29. The second-order valence-electron chi connectivity index (χ2n) is 6.37. The fourth-order valence-electron chi connectivity index (χ4n) is 2.86. The second kappa shape index (κ2) is 8.00. The summed E-state index contributed by atoms with van der Waals surface area (Å²) in [7, 11) is 0. The number of nitrogens with zero attached hydrogens (tertiary/aromatic N) is 1. The summed E-state index contributed by atoms with van der Waals surface area (Å²) in [5, 5.41) is 11.7. The van der Waals surface area contributed by atoms with Gasteiger partial charge in [0.2, 0.25) is 11.8 Å². The van der Waals surface area contributed by atoms with Gasteiger partial charge in [0, 0.05) is 13.0 Å². The molecule has 7 heteroatoms. The average Bonchev–Trinajstić information content (AvgIpc) is 2.94. The lowest BCUT2D eigenvalue weighted by Gasteiger charge is -2.21. The van der Waals surface area contributed by atoms with Crippen molar-refractivity contribution in [1.82, 2.24) is 5.32 Å². The molecule has 1 fully saturated rings. The van der Waals surface area contributed by atoms with Crippen LogP contribution >= 0.6 is 0 Å². The van der Waals surface area contributed by atoms with Crippen LogP contribution in [-0.2, 0) is 14.4 Å². The number of aliphatic carboxylic acids is 1. The molecule has 0 saturated carbocycles. The fourth-order valence-corrected chi connectivity index (χ4v) is 2.86. The Balaban J connectivity index is 2.12. The summed E-state index contributed by atoms with van der Waals surface area (Å²) in [6.45, 7) is 5.99. The zero-order valence-electron chi connectivity index (χ0n) is 14.7. The Bertz CT molecular complexity index is 659. The molecule has 1 aliphatic rings. The Kier molecular flexibility index (Phi) is 6.01. The molecule has 7 nitrogen and oxygen atoms in total. The minimum Gasteiger partial charge on any atom is -0.492 e. The Morgan fingerprint density at radius 3 is 2.64 bits per heavy atom. The summed E-state index contributed by atoms with van der Waals surface area (Å²) in [4.78, 5) is 37.6. The molecule has 25 heavy (non-hydrogen) atoms. The van der Waals surface area contributed by atoms with Crippen molar-refractivity contribution in [3.8, 4) is 5.75 Å². The number of hydrogen-bond acceptors (Lipinski definition) is 4. The lowest BCUT2D eigenvalue weighted by molar-refractivity contribution is -0.143. The molecule has 2 amide bonds. The van der Waals surface area contributed by atoms with Gasteiger partial charge in [-0.25, -0.2) is 4.79 Å². The predicted octanol–water partition coefficient (Wildman–Crippen LogP) is 1.66. The number of carbonyl (C=O) groups excluding carboxylic acids is 2. The first-order valence-corrected chi connectivity index (χ1v) is 8.40. The Hall–Kier alpha value is -2.57. The van der Waals surface area contributed by atoms with Gasteiger partial charge in [0.25, 0.3) is 0 Å². The van der Waals surface area contributed by atoms with E-state index in [0.29, 0.717) is 18.0 Å². The summed E-state index contributed by atoms with van der Waals surface area (Å²) in [6, 6.07) is 6.21. The van der Waals surface area contributed by atoms with Gasteiger partial charge >= 0.3 is 5.97 Å².